The van der Waals surface area contributed by atoms with Crippen LogP contribution in [-0.4, -0.2) is 13.3 Å². The first-order chi connectivity index (χ1) is 5.88. The van der Waals surface area contributed by atoms with Crippen molar-refractivity contribution < 1.29 is 4.74 Å². The van der Waals surface area contributed by atoms with Gasteiger partial charge in [0.05, 0.1) is 5.70 Å². The maximum atomic E-state index is 5.42. The van der Waals surface area contributed by atoms with E-state index in [1.165, 1.54) is 5.70 Å². The Balaban J connectivity index is 2.51. The molecule has 0 saturated carbocycles. The third-order valence-corrected chi connectivity index (χ3v) is 1.76. The number of rotatable bonds is 4. The average Bonchev–Trinajstić information content (AvgIpc) is 2.50. The number of nitrogens with one attached hydrogen (secondary N) is 1. The van der Waals surface area contributed by atoms with Crippen molar-refractivity contribution in [3.8, 4) is 0 Å². The molecule has 68 valence electrons. The summed E-state index contributed by atoms with van der Waals surface area (Å²) in [5.74, 6) is 0.964. The molecule has 0 aliphatic carbocycles. The highest BCUT2D eigenvalue weighted by Crippen LogP contribution is 2.15. The molecular formula is C9H16N2O. The van der Waals surface area contributed by atoms with Gasteiger partial charge in [0, 0.05) is 0 Å². The van der Waals surface area contributed by atoms with E-state index in [0.717, 1.165) is 25.1 Å². The standard InChI is InChI=1S/C9H16N2O/c1-2-4-9-8(5-3-6-10)11-7-12-9/h2,4,11H,3,5-7,10H2,1H3/b4-2-. The predicted molar refractivity (Wildman–Crippen MR) is 49.2 cm³/mol. The van der Waals surface area contributed by atoms with E-state index in [0.29, 0.717) is 6.73 Å². The number of ether oxygens (including phenoxy) is 1. The van der Waals surface area contributed by atoms with Gasteiger partial charge in [0.15, 0.2) is 6.73 Å². The van der Waals surface area contributed by atoms with Gasteiger partial charge in [-0.15, -0.1) is 0 Å². The summed E-state index contributed by atoms with van der Waals surface area (Å²) in [6.45, 7) is 3.31. The fraction of sp³-hybridized carbons (Fsp3) is 0.556. The van der Waals surface area contributed by atoms with Crippen molar-refractivity contribution in [1.29, 1.82) is 0 Å². The molecule has 0 atom stereocenters. The van der Waals surface area contributed by atoms with Crippen molar-refractivity contribution in [3.05, 3.63) is 23.6 Å². The van der Waals surface area contributed by atoms with Gasteiger partial charge in [-0.1, -0.05) is 6.08 Å². The first kappa shape index (κ1) is 9.13. The molecule has 12 heavy (non-hydrogen) atoms. The molecule has 1 aliphatic rings. The molecule has 1 rings (SSSR count). The van der Waals surface area contributed by atoms with Crippen molar-refractivity contribution in [2.75, 3.05) is 13.3 Å². The molecule has 3 nitrogen and oxygen atoms in total. The van der Waals surface area contributed by atoms with Crippen LogP contribution in [0, 0.1) is 0 Å². The Morgan fingerprint density at radius 1 is 1.67 bits per heavy atom. The molecule has 0 radical (unpaired) electrons. The Morgan fingerprint density at radius 2 is 2.50 bits per heavy atom. The Hall–Kier alpha value is -0.960. The monoisotopic (exact) mass is 168 g/mol. The summed E-state index contributed by atoms with van der Waals surface area (Å²) < 4.78 is 5.34. The van der Waals surface area contributed by atoms with Gasteiger partial charge in [-0.25, -0.2) is 0 Å². The Kier molecular flexibility index (Phi) is 3.67. The van der Waals surface area contributed by atoms with Crippen LogP contribution in [0.2, 0.25) is 0 Å². The molecule has 0 unspecified atom stereocenters. The van der Waals surface area contributed by atoms with E-state index in [-0.39, 0.29) is 0 Å². The molecule has 0 spiro atoms. The summed E-state index contributed by atoms with van der Waals surface area (Å²) >= 11 is 0. The second-order valence-corrected chi connectivity index (χ2v) is 2.70. The van der Waals surface area contributed by atoms with Crippen LogP contribution in [0.15, 0.2) is 23.6 Å². The minimum Gasteiger partial charge on any atom is -0.472 e. The van der Waals surface area contributed by atoms with Crippen LogP contribution in [0.5, 0.6) is 0 Å². The minimum absolute atomic E-state index is 0.597. The summed E-state index contributed by atoms with van der Waals surface area (Å²) in [4.78, 5) is 0. The number of hydrogen-bond acceptors (Lipinski definition) is 3. The molecule has 0 aromatic carbocycles. The van der Waals surface area contributed by atoms with Gasteiger partial charge in [0.2, 0.25) is 0 Å². The van der Waals surface area contributed by atoms with Crippen LogP contribution in [0.1, 0.15) is 19.8 Å². The Bertz CT molecular complexity index is 197. The third kappa shape index (κ3) is 2.27. The minimum atomic E-state index is 0.597. The second kappa shape index (κ2) is 4.83. The summed E-state index contributed by atoms with van der Waals surface area (Å²) in [6, 6.07) is 0. The summed E-state index contributed by atoms with van der Waals surface area (Å²) in [6.07, 6.45) is 5.94. The highest BCUT2D eigenvalue weighted by atomic mass is 16.5. The zero-order valence-corrected chi connectivity index (χ0v) is 7.47. The van der Waals surface area contributed by atoms with E-state index < -0.39 is 0 Å². The number of nitrogens with two attached hydrogens (primary N) is 1. The summed E-state index contributed by atoms with van der Waals surface area (Å²) in [5, 5.41) is 3.18. The molecule has 3 heteroatoms. The zero-order valence-electron chi connectivity index (χ0n) is 7.47. The van der Waals surface area contributed by atoms with Gasteiger partial charge in [0.1, 0.15) is 5.76 Å². The van der Waals surface area contributed by atoms with Gasteiger partial charge in [0.25, 0.3) is 0 Å². The van der Waals surface area contributed by atoms with Gasteiger partial charge in [-0.2, -0.15) is 0 Å². The molecular weight excluding hydrogens is 152 g/mol. The van der Waals surface area contributed by atoms with Crippen molar-refractivity contribution in [3.63, 3.8) is 0 Å². The zero-order chi connectivity index (χ0) is 8.81. The van der Waals surface area contributed by atoms with E-state index in [1.807, 2.05) is 19.1 Å². The average molecular weight is 168 g/mol. The molecule has 0 fully saturated rings. The molecule has 0 aromatic rings. The van der Waals surface area contributed by atoms with Crippen molar-refractivity contribution >= 4 is 0 Å². The van der Waals surface area contributed by atoms with Crippen LogP contribution in [0.25, 0.3) is 0 Å². The number of hydrogen-bond donors (Lipinski definition) is 2. The van der Waals surface area contributed by atoms with Crippen molar-refractivity contribution in [2.24, 2.45) is 5.73 Å². The summed E-state index contributed by atoms with van der Waals surface area (Å²) in [5.41, 5.74) is 6.60. The van der Waals surface area contributed by atoms with Gasteiger partial charge < -0.3 is 15.8 Å². The Labute approximate surface area is 73.3 Å². The van der Waals surface area contributed by atoms with Gasteiger partial charge in [-0.05, 0) is 32.4 Å². The highest BCUT2D eigenvalue weighted by Gasteiger charge is 2.10. The lowest BCUT2D eigenvalue weighted by Gasteiger charge is -1.99. The topological polar surface area (TPSA) is 47.3 Å². The fourth-order valence-corrected chi connectivity index (χ4v) is 1.17. The van der Waals surface area contributed by atoms with Crippen molar-refractivity contribution in [2.45, 2.75) is 19.8 Å². The van der Waals surface area contributed by atoms with Crippen LogP contribution < -0.4 is 11.1 Å². The van der Waals surface area contributed by atoms with Gasteiger partial charge >= 0.3 is 0 Å². The first-order valence-electron chi connectivity index (χ1n) is 4.31. The molecule has 0 bridgehead atoms. The fourth-order valence-electron chi connectivity index (χ4n) is 1.17. The summed E-state index contributed by atoms with van der Waals surface area (Å²) in [7, 11) is 0. The molecule has 3 N–H and O–H groups in total. The van der Waals surface area contributed by atoms with E-state index in [9.17, 15) is 0 Å². The van der Waals surface area contributed by atoms with Crippen LogP contribution in [0.4, 0.5) is 0 Å². The van der Waals surface area contributed by atoms with Crippen molar-refractivity contribution in [1.82, 2.24) is 5.32 Å². The maximum Gasteiger partial charge on any atom is 0.159 e. The van der Waals surface area contributed by atoms with E-state index >= 15 is 0 Å². The normalized spacial score (nSPS) is 16.8. The molecule has 1 heterocycles. The number of allylic oxidation sites excluding steroid dienone is 3. The van der Waals surface area contributed by atoms with E-state index in [1.54, 1.807) is 0 Å². The van der Waals surface area contributed by atoms with Crippen LogP contribution >= 0.6 is 0 Å². The van der Waals surface area contributed by atoms with Gasteiger partial charge in [-0.3, -0.25) is 0 Å². The third-order valence-electron chi connectivity index (χ3n) is 1.76. The largest absolute Gasteiger partial charge is 0.472 e. The van der Waals surface area contributed by atoms with E-state index in [4.69, 9.17) is 10.5 Å². The molecule has 0 aromatic heterocycles. The predicted octanol–water partition coefficient (Wildman–Crippen LogP) is 1.09. The smallest absolute Gasteiger partial charge is 0.159 e. The lowest BCUT2D eigenvalue weighted by molar-refractivity contribution is 0.244. The highest BCUT2D eigenvalue weighted by molar-refractivity contribution is 5.21. The van der Waals surface area contributed by atoms with Crippen LogP contribution in [-0.2, 0) is 4.74 Å². The quantitative estimate of drug-likeness (QED) is 0.660. The molecule has 1 aliphatic heterocycles. The maximum absolute atomic E-state index is 5.42. The van der Waals surface area contributed by atoms with Crippen LogP contribution in [0.3, 0.4) is 0 Å². The Morgan fingerprint density at radius 3 is 3.17 bits per heavy atom. The molecule has 0 saturated heterocycles. The lowest BCUT2D eigenvalue weighted by Crippen LogP contribution is -2.09. The SMILES string of the molecule is C/C=C\C1=C(CCCN)NCO1. The first-order valence-corrected chi connectivity index (χ1v) is 4.31. The second-order valence-electron chi connectivity index (χ2n) is 2.70. The van der Waals surface area contributed by atoms with E-state index in [2.05, 4.69) is 5.32 Å². The lowest BCUT2D eigenvalue weighted by atomic mass is 10.2. The molecule has 0 amide bonds.